The van der Waals surface area contributed by atoms with Gasteiger partial charge in [-0.1, -0.05) is 36.3 Å². The topological polar surface area (TPSA) is 47.9 Å². The van der Waals surface area contributed by atoms with E-state index in [0.717, 1.165) is 12.4 Å². The third-order valence-electron chi connectivity index (χ3n) is 3.24. The normalized spacial score (nSPS) is 11.2. The average molecular weight is 329 g/mol. The second-order valence-corrected chi connectivity index (χ2v) is 4.79. The number of pyridine rings is 1. The van der Waals surface area contributed by atoms with Gasteiger partial charge in [-0.25, -0.2) is 15.0 Å². The fourth-order valence-electron chi connectivity index (χ4n) is 2.24. The first-order chi connectivity index (χ1) is 11.5. The lowest BCUT2D eigenvalue weighted by molar-refractivity contribution is -0.136. The number of hydrogen-bond donors (Lipinski definition) is 0. The van der Waals surface area contributed by atoms with Crippen LogP contribution in [0.25, 0.3) is 22.3 Å². The van der Waals surface area contributed by atoms with Gasteiger partial charge in [0.05, 0.1) is 16.6 Å². The predicted octanol–water partition coefficient (Wildman–Crippen LogP) is 3.72. The van der Waals surface area contributed by atoms with E-state index in [1.165, 1.54) is 0 Å². The summed E-state index contributed by atoms with van der Waals surface area (Å²) in [5.41, 5.74) is -0.309. The molecule has 0 radical (unpaired) electrons. The number of halogens is 3. The summed E-state index contributed by atoms with van der Waals surface area (Å²) < 4.78 is 45.7. The van der Waals surface area contributed by atoms with Gasteiger partial charge in [0, 0.05) is 5.56 Å². The minimum absolute atomic E-state index is 0.106. The minimum Gasteiger partial charge on any atom is -0.464 e. The van der Waals surface area contributed by atoms with Crippen molar-refractivity contribution in [1.82, 2.24) is 15.0 Å². The van der Waals surface area contributed by atoms with Crippen molar-refractivity contribution in [2.75, 3.05) is 6.61 Å². The van der Waals surface area contributed by atoms with E-state index < -0.39 is 11.7 Å². The summed E-state index contributed by atoms with van der Waals surface area (Å²) in [6.07, 6.45) is 1.56. The molecule has 0 saturated heterocycles. The zero-order chi connectivity index (χ0) is 17.2. The van der Waals surface area contributed by atoms with Gasteiger partial charge in [-0.2, -0.15) is 13.2 Å². The Bertz CT molecular complexity index is 918. The van der Waals surface area contributed by atoms with E-state index in [-0.39, 0.29) is 29.2 Å². The summed E-state index contributed by atoms with van der Waals surface area (Å²) in [6, 6.07) is 9.51. The van der Waals surface area contributed by atoms with Crippen molar-refractivity contribution < 1.29 is 17.9 Å². The molecule has 0 aliphatic heterocycles. The number of hydrogen-bond acceptors (Lipinski definition) is 4. The first kappa shape index (κ1) is 15.7. The molecule has 2 aromatic heterocycles. The molecular formula is C17H10F3N3O. The number of aromatic nitrogens is 3. The number of alkyl halides is 3. The Kier molecular flexibility index (Phi) is 4.04. The quantitative estimate of drug-likeness (QED) is 0.687. The van der Waals surface area contributed by atoms with Crippen LogP contribution in [-0.4, -0.2) is 21.6 Å². The number of nitrogens with zero attached hydrogens (tertiary/aromatic N) is 3. The lowest BCUT2D eigenvalue weighted by Gasteiger charge is -2.14. The van der Waals surface area contributed by atoms with Crippen LogP contribution in [0.3, 0.4) is 0 Å². The summed E-state index contributed by atoms with van der Waals surface area (Å²) in [6.45, 7) is -0.205. The summed E-state index contributed by atoms with van der Waals surface area (Å²) in [4.78, 5) is 11.8. The molecule has 0 saturated carbocycles. The van der Waals surface area contributed by atoms with Crippen molar-refractivity contribution in [3.63, 3.8) is 0 Å². The molecule has 0 aliphatic rings. The zero-order valence-electron chi connectivity index (χ0n) is 12.2. The Morgan fingerprint density at radius 3 is 2.54 bits per heavy atom. The van der Waals surface area contributed by atoms with Crippen LogP contribution in [0.4, 0.5) is 13.2 Å². The molecule has 0 amide bonds. The van der Waals surface area contributed by atoms with Crippen LogP contribution in [-0.2, 0) is 6.18 Å². The molecule has 0 unspecified atom stereocenters. The molecule has 0 fully saturated rings. The second kappa shape index (κ2) is 6.16. The van der Waals surface area contributed by atoms with Crippen molar-refractivity contribution in [3.05, 3.63) is 48.3 Å². The fourth-order valence-corrected chi connectivity index (χ4v) is 2.24. The van der Waals surface area contributed by atoms with Crippen molar-refractivity contribution >= 4 is 11.0 Å². The molecule has 0 spiro atoms. The van der Waals surface area contributed by atoms with Gasteiger partial charge in [-0.05, 0) is 6.07 Å². The van der Waals surface area contributed by atoms with Gasteiger partial charge in [0.15, 0.2) is 12.3 Å². The number of ether oxygens (including phenoxy) is 1. The third-order valence-corrected chi connectivity index (χ3v) is 3.24. The smallest absolute Gasteiger partial charge is 0.417 e. The van der Waals surface area contributed by atoms with E-state index in [9.17, 15) is 13.2 Å². The summed E-state index contributed by atoms with van der Waals surface area (Å²) in [5, 5.41) is -0.306. The van der Waals surface area contributed by atoms with Crippen molar-refractivity contribution in [1.29, 1.82) is 0 Å². The molecule has 3 aromatic rings. The standard InChI is InChI=1S/C17H10F3N3O/c1-2-8-24-16-14-12(17(18,19)20)9-13(11-6-4-3-5-7-11)23-15(14)21-10-22-16/h1,3-7,9-10H,8H2. The maximum atomic E-state index is 13.5. The molecule has 4 nitrogen and oxygen atoms in total. The molecule has 0 aliphatic carbocycles. The predicted molar refractivity (Wildman–Crippen MR) is 82.1 cm³/mol. The zero-order valence-corrected chi connectivity index (χ0v) is 12.2. The molecule has 3 rings (SSSR count). The Morgan fingerprint density at radius 1 is 1.12 bits per heavy atom. The monoisotopic (exact) mass is 329 g/mol. The number of fused-ring (bicyclic) bond motifs is 1. The van der Waals surface area contributed by atoms with Crippen LogP contribution < -0.4 is 4.74 Å². The van der Waals surface area contributed by atoms with Crippen molar-refractivity contribution in [2.45, 2.75) is 6.18 Å². The van der Waals surface area contributed by atoms with Crippen LogP contribution >= 0.6 is 0 Å². The van der Waals surface area contributed by atoms with Crippen LogP contribution in [0.2, 0.25) is 0 Å². The molecule has 7 heteroatoms. The van der Waals surface area contributed by atoms with E-state index in [1.807, 2.05) is 0 Å². The highest BCUT2D eigenvalue weighted by Gasteiger charge is 2.35. The molecule has 2 heterocycles. The van der Waals surface area contributed by atoms with Gasteiger partial charge < -0.3 is 4.74 Å². The van der Waals surface area contributed by atoms with Crippen LogP contribution in [0.5, 0.6) is 5.88 Å². The molecule has 0 atom stereocenters. The summed E-state index contributed by atoms with van der Waals surface area (Å²) in [7, 11) is 0. The van der Waals surface area contributed by atoms with Crippen molar-refractivity contribution in [3.8, 4) is 29.5 Å². The van der Waals surface area contributed by atoms with Gasteiger partial charge >= 0.3 is 6.18 Å². The maximum Gasteiger partial charge on any atom is 0.417 e. The molecule has 120 valence electrons. The van der Waals surface area contributed by atoms with Gasteiger partial charge in [-0.3, -0.25) is 0 Å². The SMILES string of the molecule is C#CCOc1ncnc2nc(-c3ccccc3)cc(C(F)(F)F)c12. The van der Waals surface area contributed by atoms with E-state index in [4.69, 9.17) is 11.2 Å². The Balaban J connectivity index is 2.29. The largest absolute Gasteiger partial charge is 0.464 e. The molecule has 24 heavy (non-hydrogen) atoms. The van der Waals surface area contributed by atoms with E-state index >= 15 is 0 Å². The first-order valence-corrected chi connectivity index (χ1v) is 6.85. The van der Waals surface area contributed by atoms with Gasteiger partial charge in [0.25, 0.3) is 0 Å². The Morgan fingerprint density at radius 2 is 1.88 bits per heavy atom. The van der Waals surface area contributed by atoms with Gasteiger partial charge in [0.2, 0.25) is 5.88 Å². The summed E-state index contributed by atoms with van der Waals surface area (Å²) >= 11 is 0. The minimum atomic E-state index is -4.62. The van der Waals surface area contributed by atoms with E-state index in [0.29, 0.717) is 5.56 Å². The van der Waals surface area contributed by atoms with E-state index in [1.54, 1.807) is 30.3 Å². The summed E-state index contributed by atoms with van der Waals surface area (Å²) in [5.74, 6) is 1.95. The van der Waals surface area contributed by atoms with Gasteiger partial charge in [-0.15, -0.1) is 6.42 Å². The number of rotatable bonds is 3. The highest BCUT2D eigenvalue weighted by Crippen LogP contribution is 2.39. The lowest BCUT2D eigenvalue weighted by Crippen LogP contribution is -2.10. The highest BCUT2D eigenvalue weighted by atomic mass is 19.4. The number of terminal acetylenes is 1. The number of benzene rings is 1. The second-order valence-electron chi connectivity index (χ2n) is 4.79. The fraction of sp³-hybridized carbons (Fsp3) is 0.118. The molecule has 1 aromatic carbocycles. The lowest BCUT2D eigenvalue weighted by atomic mass is 10.1. The third kappa shape index (κ3) is 2.99. The van der Waals surface area contributed by atoms with Crippen molar-refractivity contribution in [2.24, 2.45) is 0 Å². The van der Waals surface area contributed by atoms with E-state index in [2.05, 4.69) is 20.9 Å². The molecular weight excluding hydrogens is 319 g/mol. The highest BCUT2D eigenvalue weighted by molar-refractivity contribution is 5.87. The maximum absolute atomic E-state index is 13.5. The Hall–Kier alpha value is -3.14. The molecule has 0 N–H and O–H groups in total. The van der Waals surface area contributed by atoms with Crippen LogP contribution in [0, 0.1) is 12.3 Å². The molecule has 0 bridgehead atoms. The van der Waals surface area contributed by atoms with Crippen LogP contribution in [0.15, 0.2) is 42.7 Å². The van der Waals surface area contributed by atoms with Crippen LogP contribution in [0.1, 0.15) is 5.56 Å². The Labute approximate surface area is 135 Å². The first-order valence-electron chi connectivity index (χ1n) is 6.85. The average Bonchev–Trinajstić information content (AvgIpc) is 2.58. The van der Waals surface area contributed by atoms with Gasteiger partial charge in [0.1, 0.15) is 6.33 Å².